The number of aliphatic hydroxyl groups is 1. The standard InChI is InChI=1S/C16H18N2O2/c1-13-6-5-9-15(17-13)16(20)18(10-11-19)12-14-7-3-2-4-8-14/h2-9,19H,10-12H2,1H3. The van der Waals surface area contributed by atoms with Crippen LogP contribution in [0.25, 0.3) is 0 Å². The Bertz CT molecular complexity index is 570. The molecular weight excluding hydrogens is 252 g/mol. The van der Waals surface area contributed by atoms with Gasteiger partial charge in [-0.25, -0.2) is 4.98 Å². The zero-order chi connectivity index (χ0) is 14.4. The average Bonchev–Trinajstić information content (AvgIpc) is 2.47. The molecule has 0 bridgehead atoms. The maximum absolute atomic E-state index is 12.4. The van der Waals surface area contributed by atoms with Crippen molar-refractivity contribution in [1.29, 1.82) is 0 Å². The van der Waals surface area contributed by atoms with Gasteiger partial charge in [0.15, 0.2) is 0 Å². The molecule has 0 aliphatic rings. The zero-order valence-corrected chi connectivity index (χ0v) is 11.5. The molecule has 4 heteroatoms. The molecule has 1 N–H and O–H groups in total. The van der Waals surface area contributed by atoms with Gasteiger partial charge in [0.1, 0.15) is 5.69 Å². The Hall–Kier alpha value is -2.20. The van der Waals surface area contributed by atoms with Crippen LogP contribution < -0.4 is 0 Å². The monoisotopic (exact) mass is 270 g/mol. The van der Waals surface area contributed by atoms with Crippen molar-refractivity contribution in [1.82, 2.24) is 9.88 Å². The van der Waals surface area contributed by atoms with Gasteiger partial charge in [0, 0.05) is 18.8 Å². The molecule has 2 aromatic rings. The normalized spacial score (nSPS) is 10.3. The summed E-state index contributed by atoms with van der Waals surface area (Å²) in [6.07, 6.45) is 0. The maximum atomic E-state index is 12.4. The third-order valence-corrected chi connectivity index (χ3v) is 2.98. The molecule has 0 fully saturated rings. The van der Waals surface area contributed by atoms with Gasteiger partial charge in [-0.1, -0.05) is 36.4 Å². The highest BCUT2D eigenvalue weighted by Gasteiger charge is 2.16. The van der Waals surface area contributed by atoms with Crippen LogP contribution >= 0.6 is 0 Å². The molecule has 0 saturated carbocycles. The molecule has 0 radical (unpaired) electrons. The molecule has 4 nitrogen and oxygen atoms in total. The van der Waals surface area contributed by atoms with Gasteiger partial charge >= 0.3 is 0 Å². The fraction of sp³-hybridized carbons (Fsp3) is 0.250. The highest BCUT2D eigenvalue weighted by Crippen LogP contribution is 2.09. The summed E-state index contributed by atoms with van der Waals surface area (Å²) in [7, 11) is 0. The zero-order valence-electron chi connectivity index (χ0n) is 11.5. The first kappa shape index (κ1) is 14.2. The van der Waals surface area contributed by atoms with Gasteiger partial charge in [-0.05, 0) is 24.6 Å². The Morgan fingerprint density at radius 2 is 1.90 bits per heavy atom. The smallest absolute Gasteiger partial charge is 0.272 e. The summed E-state index contributed by atoms with van der Waals surface area (Å²) in [5.74, 6) is -0.161. The van der Waals surface area contributed by atoms with Crippen molar-refractivity contribution in [3.63, 3.8) is 0 Å². The number of pyridine rings is 1. The lowest BCUT2D eigenvalue weighted by Gasteiger charge is -2.21. The minimum absolute atomic E-state index is 0.0651. The minimum atomic E-state index is -0.161. The largest absolute Gasteiger partial charge is 0.395 e. The second-order valence-corrected chi connectivity index (χ2v) is 4.60. The highest BCUT2D eigenvalue weighted by atomic mass is 16.3. The van der Waals surface area contributed by atoms with Gasteiger partial charge < -0.3 is 10.0 Å². The topological polar surface area (TPSA) is 53.4 Å². The van der Waals surface area contributed by atoms with E-state index in [0.717, 1.165) is 11.3 Å². The Kier molecular flexibility index (Phi) is 4.85. The Balaban J connectivity index is 2.18. The number of aryl methyl sites for hydroxylation is 1. The molecule has 0 saturated heterocycles. The van der Waals surface area contributed by atoms with Crippen molar-refractivity contribution < 1.29 is 9.90 Å². The summed E-state index contributed by atoms with van der Waals surface area (Å²) in [4.78, 5) is 18.3. The fourth-order valence-electron chi connectivity index (χ4n) is 2.00. The van der Waals surface area contributed by atoms with Gasteiger partial charge in [-0.2, -0.15) is 0 Å². The predicted octanol–water partition coefficient (Wildman–Crippen LogP) is 2.02. The molecule has 20 heavy (non-hydrogen) atoms. The van der Waals surface area contributed by atoms with Crippen LogP contribution in [0.1, 0.15) is 21.7 Å². The van der Waals surface area contributed by atoms with Crippen LogP contribution in [0.15, 0.2) is 48.5 Å². The quantitative estimate of drug-likeness (QED) is 0.904. The lowest BCUT2D eigenvalue weighted by molar-refractivity contribution is 0.0701. The first-order valence-corrected chi connectivity index (χ1v) is 6.58. The van der Waals surface area contributed by atoms with Crippen molar-refractivity contribution in [2.75, 3.05) is 13.2 Å². The second kappa shape index (κ2) is 6.82. The van der Waals surface area contributed by atoms with Gasteiger partial charge in [-0.3, -0.25) is 4.79 Å². The van der Waals surface area contributed by atoms with Gasteiger partial charge in [0.25, 0.3) is 5.91 Å². The summed E-state index contributed by atoms with van der Waals surface area (Å²) in [6, 6.07) is 15.1. The molecule has 0 aliphatic carbocycles. The SMILES string of the molecule is Cc1cccc(C(=O)N(CCO)Cc2ccccc2)n1. The summed E-state index contributed by atoms with van der Waals surface area (Å²) in [5, 5.41) is 9.15. The van der Waals surface area contributed by atoms with Crippen LogP contribution in [0.4, 0.5) is 0 Å². The average molecular weight is 270 g/mol. The van der Waals surface area contributed by atoms with Crippen LogP contribution in [0.3, 0.4) is 0 Å². The van der Waals surface area contributed by atoms with E-state index in [9.17, 15) is 4.79 Å². The Morgan fingerprint density at radius 3 is 2.55 bits per heavy atom. The van der Waals surface area contributed by atoms with Crippen LogP contribution in [0.2, 0.25) is 0 Å². The number of hydrogen-bond acceptors (Lipinski definition) is 3. The van der Waals surface area contributed by atoms with Crippen molar-refractivity contribution >= 4 is 5.91 Å². The molecule has 1 aromatic carbocycles. The van der Waals surface area contributed by atoms with E-state index in [1.807, 2.05) is 49.4 Å². The van der Waals surface area contributed by atoms with Crippen molar-refractivity contribution in [2.24, 2.45) is 0 Å². The molecule has 0 atom stereocenters. The number of rotatable bonds is 5. The van der Waals surface area contributed by atoms with Crippen molar-refractivity contribution in [2.45, 2.75) is 13.5 Å². The van der Waals surface area contributed by atoms with Crippen molar-refractivity contribution in [3.8, 4) is 0 Å². The number of amides is 1. The first-order valence-electron chi connectivity index (χ1n) is 6.58. The summed E-state index contributed by atoms with van der Waals surface area (Å²) in [5.41, 5.74) is 2.25. The first-order chi connectivity index (χ1) is 9.70. The van der Waals surface area contributed by atoms with E-state index in [2.05, 4.69) is 4.98 Å². The van der Waals surface area contributed by atoms with Gasteiger partial charge in [0.05, 0.1) is 6.61 Å². The van der Waals surface area contributed by atoms with Gasteiger partial charge in [-0.15, -0.1) is 0 Å². The van der Waals surface area contributed by atoms with E-state index < -0.39 is 0 Å². The molecule has 104 valence electrons. The van der Waals surface area contributed by atoms with Crippen LogP contribution in [-0.4, -0.2) is 34.0 Å². The second-order valence-electron chi connectivity index (χ2n) is 4.60. The van der Waals surface area contributed by atoms with Crippen LogP contribution in [0.5, 0.6) is 0 Å². The summed E-state index contributed by atoms with van der Waals surface area (Å²) >= 11 is 0. The third kappa shape index (κ3) is 3.65. The molecule has 2 rings (SSSR count). The van der Waals surface area contributed by atoms with E-state index in [1.54, 1.807) is 11.0 Å². The molecule has 0 spiro atoms. The number of aliphatic hydroxyl groups excluding tert-OH is 1. The predicted molar refractivity (Wildman–Crippen MR) is 77.2 cm³/mol. The van der Waals surface area contributed by atoms with E-state index in [1.165, 1.54) is 0 Å². The van der Waals surface area contributed by atoms with Crippen molar-refractivity contribution in [3.05, 3.63) is 65.5 Å². The van der Waals surface area contributed by atoms with Gasteiger partial charge in [0.2, 0.25) is 0 Å². The summed E-state index contributed by atoms with van der Waals surface area (Å²) in [6.45, 7) is 2.55. The number of nitrogens with zero attached hydrogens (tertiary/aromatic N) is 2. The molecule has 0 aliphatic heterocycles. The Labute approximate surface area is 118 Å². The van der Waals surface area contributed by atoms with Crippen LogP contribution in [-0.2, 0) is 6.54 Å². The lowest BCUT2D eigenvalue weighted by atomic mass is 10.2. The molecule has 1 amide bonds. The number of carbonyl (C=O) groups is 1. The molecule has 1 aromatic heterocycles. The fourth-order valence-corrected chi connectivity index (χ4v) is 2.00. The number of aromatic nitrogens is 1. The van der Waals surface area contributed by atoms with Crippen LogP contribution in [0, 0.1) is 6.92 Å². The third-order valence-electron chi connectivity index (χ3n) is 2.98. The molecule has 0 unspecified atom stereocenters. The molecular formula is C16H18N2O2. The van der Waals surface area contributed by atoms with E-state index >= 15 is 0 Å². The highest BCUT2D eigenvalue weighted by molar-refractivity contribution is 5.92. The maximum Gasteiger partial charge on any atom is 0.272 e. The molecule has 1 heterocycles. The minimum Gasteiger partial charge on any atom is -0.395 e. The summed E-state index contributed by atoms with van der Waals surface area (Å²) < 4.78 is 0. The van der Waals surface area contributed by atoms with E-state index in [-0.39, 0.29) is 12.5 Å². The lowest BCUT2D eigenvalue weighted by Crippen LogP contribution is -2.33. The number of benzene rings is 1. The van der Waals surface area contributed by atoms with E-state index in [0.29, 0.717) is 18.8 Å². The Morgan fingerprint density at radius 1 is 1.15 bits per heavy atom. The van der Waals surface area contributed by atoms with E-state index in [4.69, 9.17) is 5.11 Å². The number of carbonyl (C=O) groups excluding carboxylic acids is 1. The number of hydrogen-bond donors (Lipinski definition) is 1.